The van der Waals surface area contributed by atoms with Gasteiger partial charge in [-0.25, -0.2) is 0 Å². The van der Waals surface area contributed by atoms with E-state index in [4.69, 9.17) is 9.84 Å². The fourth-order valence-electron chi connectivity index (χ4n) is 1.44. The van der Waals surface area contributed by atoms with Gasteiger partial charge < -0.3 is 9.84 Å². The summed E-state index contributed by atoms with van der Waals surface area (Å²) >= 11 is 1.39. The molecule has 0 amide bonds. The standard InChI is InChI=1S/C12H17NO3S/c1-4-11(12(14)15)17-7-9-6-10(16-3)5-8(2)13-9/h5-6,11H,4,7H2,1-3H3,(H,14,15). The third-order valence-corrected chi connectivity index (χ3v) is 3.69. The first-order valence-electron chi connectivity index (χ1n) is 5.42. The maximum atomic E-state index is 10.9. The molecule has 0 radical (unpaired) electrons. The van der Waals surface area contributed by atoms with E-state index in [0.29, 0.717) is 12.2 Å². The van der Waals surface area contributed by atoms with Gasteiger partial charge in [0.1, 0.15) is 11.0 Å². The molecular weight excluding hydrogens is 238 g/mol. The van der Waals surface area contributed by atoms with Gasteiger partial charge >= 0.3 is 5.97 Å². The highest BCUT2D eigenvalue weighted by atomic mass is 32.2. The lowest BCUT2D eigenvalue weighted by molar-refractivity contribution is -0.136. The van der Waals surface area contributed by atoms with Gasteiger partial charge in [-0.2, -0.15) is 0 Å². The number of rotatable bonds is 6. The molecule has 4 nitrogen and oxygen atoms in total. The molecule has 94 valence electrons. The normalized spacial score (nSPS) is 12.2. The van der Waals surface area contributed by atoms with Crippen molar-refractivity contribution < 1.29 is 14.6 Å². The Labute approximate surface area is 105 Å². The lowest BCUT2D eigenvalue weighted by atomic mass is 10.3. The molecule has 1 unspecified atom stereocenters. The van der Waals surface area contributed by atoms with Crippen LogP contribution in [-0.4, -0.2) is 28.4 Å². The van der Waals surface area contributed by atoms with Crippen LogP contribution in [0.2, 0.25) is 0 Å². The van der Waals surface area contributed by atoms with Crippen molar-refractivity contribution in [3.63, 3.8) is 0 Å². The molecule has 5 heteroatoms. The summed E-state index contributed by atoms with van der Waals surface area (Å²) < 4.78 is 5.15. The van der Waals surface area contributed by atoms with Crippen LogP contribution >= 0.6 is 11.8 Å². The molecule has 1 aromatic heterocycles. The van der Waals surface area contributed by atoms with Gasteiger partial charge in [-0.1, -0.05) is 6.92 Å². The number of pyridine rings is 1. The fraction of sp³-hybridized carbons (Fsp3) is 0.500. The number of carbonyl (C=O) groups is 1. The highest BCUT2D eigenvalue weighted by Crippen LogP contribution is 2.22. The Morgan fingerprint density at radius 1 is 1.59 bits per heavy atom. The second-order valence-electron chi connectivity index (χ2n) is 3.69. The molecule has 1 atom stereocenters. The minimum absolute atomic E-state index is 0.372. The van der Waals surface area contributed by atoms with Crippen LogP contribution in [0.5, 0.6) is 5.75 Å². The molecule has 1 N–H and O–H groups in total. The minimum Gasteiger partial charge on any atom is -0.497 e. The van der Waals surface area contributed by atoms with Crippen LogP contribution in [0.4, 0.5) is 0 Å². The first-order valence-corrected chi connectivity index (χ1v) is 6.47. The highest BCUT2D eigenvalue weighted by Gasteiger charge is 2.15. The van der Waals surface area contributed by atoms with E-state index in [1.165, 1.54) is 11.8 Å². The van der Waals surface area contributed by atoms with Crippen LogP contribution in [0, 0.1) is 6.92 Å². The molecular formula is C12H17NO3S. The van der Waals surface area contributed by atoms with Gasteiger partial charge in [-0.15, -0.1) is 11.8 Å². The first kappa shape index (κ1) is 13.8. The maximum absolute atomic E-state index is 10.9. The molecule has 0 aliphatic rings. The van der Waals surface area contributed by atoms with Crippen LogP contribution in [0.15, 0.2) is 12.1 Å². The quantitative estimate of drug-likeness (QED) is 0.846. The predicted octanol–water partition coefficient (Wildman–Crippen LogP) is 2.50. The average molecular weight is 255 g/mol. The topological polar surface area (TPSA) is 59.4 Å². The Balaban J connectivity index is 2.68. The number of carboxylic acid groups (broad SMARTS) is 1. The summed E-state index contributed by atoms with van der Waals surface area (Å²) in [6.07, 6.45) is 0.614. The lowest BCUT2D eigenvalue weighted by Crippen LogP contribution is -2.15. The molecule has 0 aliphatic carbocycles. The molecule has 0 aliphatic heterocycles. The summed E-state index contributed by atoms with van der Waals surface area (Å²) in [7, 11) is 1.61. The fourth-order valence-corrected chi connectivity index (χ4v) is 2.34. The van der Waals surface area contributed by atoms with E-state index in [9.17, 15) is 4.79 Å². The number of carboxylic acids is 1. The van der Waals surface area contributed by atoms with E-state index < -0.39 is 5.97 Å². The Kier molecular flexibility index (Phi) is 5.28. The summed E-state index contributed by atoms with van der Waals surface area (Å²) in [6, 6.07) is 3.69. The van der Waals surface area contributed by atoms with Crippen LogP contribution < -0.4 is 4.74 Å². The predicted molar refractivity (Wildman–Crippen MR) is 68.5 cm³/mol. The second kappa shape index (κ2) is 6.49. The zero-order chi connectivity index (χ0) is 12.8. The first-order chi connectivity index (χ1) is 8.06. The van der Waals surface area contributed by atoms with Gasteiger partial charge in [0.25, 0.3) is 0 Å². The largest absolute Gasteiger partial charge is 0.497 e. The molecule has 0 bridgehead atoms. The van der Waals surface area contributed by atoms with Crippen LogP contribution in [0.3, 0.4) is 0 Å². The van der Waals surface area contributed by atoms with Crippen molar-refractivity contribution in [2.45, 2.75) is 31.3 Å². The van der Waals surface area contributed by atoms with E-state index in [2.05, 4.69) is 4.98 Å². The minimum atomic E-state index is -0.767. The number of nitrogens with zero attached hydrogens (tertiary/aromatic N) is 1. The Hall–Kier alpha value is -1.23. The summed E-state index contributed by atoms with van der Waals surface area (Å²) in [5.41, 5.74) is 1.73. The number of aliphatic carboxylic acids is 1. The number of thioether (sulfide) groups is 1. The van der Waals surface area contributed by atoms with Crippen molar-refractivity contribution in [2.24, 2.45) is 0 Å². The number of aromatic nitrogens is 1. The van der Waals surface area contributed by atoms with Gasteiger partial charge in [0.15, 0.2) is 0 Å². The zero-order valence-electron chi connectivity index (χ0n) is 10.3. The van der Waals surface area contributed by atoms with Gasteiger partial charge in [0, 0.05) is 23.6 Å². The number of ether oxygens (including phenoxy) is 1. The number of aryl methyl sites for hydroxylation is 1. The monoisotopic (exact) mass is 255 g/mol. The Morgan fingerprint density at radius 2 is 2.29 bits per heavy atom. The summed E-state index contributed by atoms with van der Waals surface area (Å²) in [5.74, 6) is 0.580. The van der Waals surface area contributed by atoms with Crippen LogP contribution in [0.25, 0.3) is 0 Å². The molecule has 0 spiro atoms. The molecule has 1 heterocycles. The van der Waals surface area contributed by atoms with Crippen molar-refractivity contribution in [3.05, 3.63) is 23.5 Å². The number of hydrogen-bond donors (Lipinski definition) is 1. The van der Waals surface area contributed by atoms with E-state index in [1.807, 2.05) is 26.0 Å². The van der Waals surface area contributed by atoms with Crippen LogP contribution in [-0.2, 0) is 10.5 Å². The van der Waals surface area contributed by atoms with Crippen molar-refractivity contribution in [2.75, 3.05) is 7.11 Å². The van der Waals surface area contributed by atoms with E-state index in [1.54, 1.807) is 7.11 Å². The molecule has 0 saturated carbocycles. The average Bonchev–Trinajstić information content (AvgIpc) is 2.28. The molecule has 1 aromatic rings. The third-order valence-electron chi connectivity index (χ3n) is 2.29. The molecule has 0 fully saturated rings. The van der Waals surface area contributed by atoms with Crippen LogP contribution in [0.1, 0.15) is 24.7 Å². The molecule has 0 saturated heterocycles. The van der Waals surface area contributed by atoms with Crippen molar-refractivity contribution in [1.29, 1.82) is 0 Å². The van der Waals surface area contributed by atoms with Crippen molar-refractivity contribution >= 4 is 17.7 Å². The Bertz CT molecular complexity index is 395. The third kappa shape index (κ3) is 4.26. The number of methoxy groups -OCH3 is 1. The summed E-state index contributed by atoms with van der Waals surface area (Å²) in [6.45, 7) is 3.77. The van der Waals surface area contributed by atoms with Crippen molar-refractivity contribution in [3.8, 4) is 5.75 Å². The van der Waals surface area contributed by atoms with Crippen molar-refractivity contribution in [1.82, 2.24) is 4.98 Å². The number of hydrogen-bond acceptors (Lipinski definition) is 4. The maximum Gasteiger partial charge on any atom is 0.316 e. The molecule has 1 rings (SSSR count). The Morgan fingerprint density at radius 3 is 2.82 bits per heavy atom. The smallest absolute Gasteiger partial charge is 0.316 e. The van der Waals surface area contributed by atoms with E-state index >= 15 is 0 Å². The molecule has 0 aromatic carbocycles. The van der Waals surface area contributed by atoms with Gasteiger partial charge in [-0.05, 0) is 13.3 Å². The van der Waals surface area contributed by atoms with E-state index in [-0.39, 0.29) is 5.25 Å². The van der Waals surface area contributed by atoms with Gasteiger partial charge in [0.2, 0.25) is 0 Å². The highest BCUT2D eigenvalue weighted by molar-refractivity contribution is 7.99. The summed E-state index contributed by atoms with van der Waals surface area (Å²) in [5, 5.41) is 8.57. The van der Waals surface area contributed by atoms with Gasteiger partial charge in [0.05, 0.1) is 12.8 Å². The zero-order valence-corrected chi connectivity index (χ0v) is 11.1. The molecule has 17 heavy (non-hydrogen) atoms. The van der Waals surface area contributed by atoms with E-state index in [0.717, 1.165) is 17.1 Å². The summed E-state index contributed by atoms with van der Waals surface area (Å²) in [4.78, 5) is 15.2. The van der Waals surface area contributed by atoms with Gasteiger partial charge in [-0.3, -0.25) is 9.78 Å². The lowest BCUT2D eigenvalue weighted by Gasteiger charge is -2.10. The SMILES string of the molecule is CCC(SCc1cc(OC)cc(C)n1)C(=O)O. The second-order valence-corrected chi connectivity index (χ2v) is 4.88.